The molecule has 1 unspecified atom stereocenters. The second-order valence-corrected chi connectivity index (χ2v) is 4.67. The number of phenols is 1. The molecule has 2 rings (SSSR count). The molecule has 0 bridgehead atoms. The van der Waals surface area contributed by atoms with Gasteiger partial charge < -0.3 is 20.3 Å². The monoisotopic (exact) mass is 265 g/mol. The topological polar surface area (TPSA) is 95.9 Å². The Bertz CT molecular complexity index is 520. The third-order valence-corrected chi connectivity index (χ3v) is 3.18. The number of carbonyl (C=O) groups is 2. The van der Waals surface area contributed by atoms with Gasteiger partial charge in [0.1, 0.15) is 11.4 Å². The van der Waals surface area contributed by atoms with Gasteiger partial charge in [0.15, 0.2) is 0 Å². The van der Waals surface area contributed by atoms with E-state index in [1.165, 1.54) is 12.1 Å². The average molecular weight is 265 g/mol. The summed E-state index contributed by atoms with van der Waals surface area (Å²) < 4.78 is 5.39. The van der Waals surface area contributed by atoms with E-state index in [-0.39, 0.29) is 22.9 Å². The molecule has 1 saturated heterocycles. The molecule has 0 aromatic heterocycles. The van der Waals surface area contributed by atoms with Crippen molar-refractivity contribution >= 4 is 17.6 Å². The molecule has 0 radical (unpaired) electrons. The van der Waals surface area contributed by atoms with Crippen LogP contribution in [0, 0.1) is 0 Å². The van der Waals surface area contributed by atoms with Crippen molar-refractivity contribution in [3.8, 4) is 5.75 Å². The number of hydrogen-bond acceptors (Lipinski definition) is 4. The number of aromatic hydroxyl groups is 1. The highest BCUT2D eigenvalue weighted by molar-refractivity contribution is 6.03. The van der Waals surface area contributed by atoms with Gasteiger partial charge in [0.2, 0.25) is 0 Å². The summed E-state index contributed by atoms with van der Waals surface area (Å²) >= 11 is 0. The summed E-state index contributed by atoms with van der Waals surface area (Å²) in [5.74, 6) is -1.76. The third-order valence-electron chi connectivity index (χ3n) is 3.18. The lowest BCUT2D eigenvalue weighted by Crippen LogP contribution is -2.39. The van der Waals surface area contributed by atoms with Crippen molar-refractivity contribution in [2.45, 2.75) is 25.4 Å². The molecule has 1 fully saturated rings. The van der Waals surface area contributed by atoms with Crippen LogP contribution in [0.5, 0.6) is 5.75 Å². The SMILES string of the molecule is CC1(C(=O)Nc2ccc(O)cc2C(=O)O)CCCO1. The first-order chi connectivity index (χ1) is 8.92. The number of benzene rings is 1. The van der Waals surface area contributed by atoms with E-state index in [2.05, 4.69) is 5.32 Å². The molecule has 1 heterocycles. The Morgan fingerprint density at radius 3 is 2.74 bits per heavy atom. The van der Waals surface area contributed by atoms with Crippen LogP contribution < -0.4 is 5.32 Å². The van der Waals surface area contributed by atoms with Gasteiger partial charge in [-0.1, -0.05) is 0 Å². The molecule has 0 spiro atoms. The number of nitrogens with one attached hydrogen (secondary N) is 1. The lowest BCUT2D eigenvalue weighted by molar-refractivity contribution is -0.133. The van der Waals surface area contributed by atoms with Crippen molar-refractivity contribution in [3.05, 3.63) is 23.8 Å². The number of phenolic OH excluding ortho intramolecular Hbond substituents is 1. The first-order valence-electron chi connectivity index (χ1n) is 5.94. The smallest absolute Gasteiger partial charge is 0.337 e. The first kappa shape index (κ1) is 13.4. The molecule has 1 aromatic rings. The van der Waals surface area contributed by atoms with Gasteiger partial charge in [0, 0.05) is 6.61 Å². The maximum Gasteiger partial charge on any atom is 0.337 e. The van der Waals surface area contributed by atoms with Gasteiger partial charge in [-0.15, -0.1) is 0 Å². The zero-order valence-electron chi connectivity index (χ0n) is 10.5. The molecule has 1 aliphatic heterocycles. The van der Waals surface area contributed by atoms with E-state index in [9.17, 15) is 14.7 Å². The van der Waals surface area contributed by atoms with E-state index < -0.39 is 11.6 Å². The summed E-state index contributed by atoms with van der Waals surface area (Å²) in [5, 5.41) is 20.9. The van der Waals surface area contributed by atoms with E-state index in [0.717, 1.165) is 12.5 Å². The molecule has 3 N–H and O–H groups in total. The molecule has 0 saturated carbocycles. The molecule has 6 heteroatoms. The third kappa shape index (κ3) is 2.68. The zero-order chi connectivity index (χ0) is 14.0. The number of aromatic carboxylic acids is 1. The molecule has 19 heavy (non-hydrogen) atoms. The van der Waals surface area contributed by atoms with Gasteiger partial charge in [-0.05, 0) is 38.0 Å². The highest BCUT2D eigenvalue weighted by Gasteiger charge is 2.38. The minimum absolute atomic E-state index is 0.145. The fourth-order valence-electron chi connectivity index (χ4n) is 2.03. The van der Waals surface area contributed by atoms with E-state index in [0.29, 0.717) is 13.0 Å². The highest BCUT2D eigenvalue weighted by Crippen LogP contribution is 2.28. The van der Waals surface area contributed by atoms with Crippen molar-refractivity contribution in [2.24, 2.45) is 0 Å². The van der Waals surface area contributed by atoms with Gasteiger partial charge in [-0.25, -0.2) is 4.79 Å². The number of carbonyl (C=O) groups excluding carboxylic acids is 1. The van der Waals surface area contributed by atoms with Crippen molar-refractivity contribution in [2.75, 3.05) is 11.9 Å². The van der Waals surface area contributed by atoms with Crippen molar-refractivity contribution in [3.63, 3.8) is 0 Å². The van der Waals surface area contributed by atoms with Crippen LogP contribution in [-0.2, 0) is 9.53 Å². The maximum absolute atomic E-state index is 12.1. The number of amides is 1. The molecule has 1 aliphatic rings. The largest absolute Gasteiger partial charge is 0.508 e. The summed E-state index contributed by atoms with van der Waals surface area (Å²) in [6, 6.07) is 3.77. The number of hydrogen-bond donors (Lipinski definition) is 3. The molecule has 1 aromatic carbocycles. The van der Waals surface area contributed by atoms with Crippen LogP contribution in [0.25, 0.3) is 0 Å². The molecule has 1 amide bonds. The van der Waals surface area contributed by atoms with Crippen LogP contribution >= 0.6 is 0 Å². The average Bonchev–Trinajstić information content (AvgIpc) is 2.79. The summed E-state index contributed by atoms with van der Waals surface area (Å²) in [6.45, 7) is 2.20. The van der Waals surface area contributed by atoms with Gasteiger partial charge in [-0.3, -0.25) is 4.79 Å². The summed E-state index contributed by atoms with van der Waals surface area (Å²) in [6.07, 6.45) is 1.39. The van der Waals surface area contributed by atoms with Crippen molar-refractivity contribution in [1.82, 2.24) is 0 Å². The Kier molecular flexibility index (Phi) is 3.44. The number of anilines is 1. The molecular weight excluding hydrogens is 250 g/mol. The normalized spacial score (nSPS) is 22.2. The number of rotatable bonds is 3. The van der Waals surface area contributed by atoms with Crippen LogP contribution in [0.4, 0.5) is 5.69 Å². The van der Waals surface area contributed by atoms with Crippen LogP contribution in [0.2, 0.25) is 0 Å². The minimum Gasteiger partial charge on any atom is -0.508 e. The van der Waals surface area contributed by atoms with Crippen LogP contribution in [0.15, 0.2) is 18.2 Å². The van der Waals surface area contributed by atoms with Gasteiger partial charge in [-0.2, -0.15) is 0 Å². The van der Waals surface area contributed by atoms with Gasteiger partial charge >= 0.3 is 5.97 Å². The van der Waals surface area contributed by atoms with E-state index in [1.807, 2.05) is 0 Å². The lowest BCUT2D eigenvalue weighted by Gasteiger charge is -2.22. The van der Waals surface area contributed by atoms with Crippen LogP contribution in [0.1, 0.15) is 30.1 Å². The summed E-state index contributed by atoms with van der Waals surface area (Å²) in [4.78, 5) is 23.2. The number of carboxylic acids is 1. The van der Waals surface area contributed by atoms with E-state index in [4.69, 9.17) is 9.84 Å². The van der Waals surface area contributed by atoms with Crippen molar-refractivity contribution in [1.29, 1.82) is 0 Å². The predicted molar refractivity (Wildman–Crippen MR) is 67.3 cm³/mol. The quantitative estimate of drug-likeness (QED) is 0.721. The molecule has 6 nitrogen and oxygen atoms in total. The Balaban J connectivity index is 2.23. The van der Waals surface area contributed by atoms with Crippen molar-refractivity contribution < 1.29 is 24.5 Å². The Morgan fingerprint density at radius 1 is 1.42 bits per heavy atom. The Labute approximate surface area is 110 Å². The van der Waals surface area contributed by atoms with Crippen LogP contribution in [-0.4, -0.2) is 34.3 Å². The highest BCUT2D eigenvalue weighted by atomic mass is 16.5. The summed E-state index contributed by atoms with van der Waals surface area (Å²) in [5.41, 5.74) is -0.935. The molecular formula is C13H15NO5. The lowest BCUT2D eigenvalue weighted by atomic mass is 10.0. The fourth-order valence-corrected chi connectivity index (χ4v) is 2.03. The molecule has 0 aliphatic carbocycles. The first-order valence-corrected chi connectivity index (χ1v) is 5.94. The Morgan fingerprint density at radius 2 is 2.16 bits per heavy atom. The minimum atomic E-state index is -1.22. The number of carboxylic acid groups (broad SMARTS) is 1. The second kappa shape index (κ2) is 4.89. The van der Waals surface area contributed by atoms with E-state index >= 15 is 0 Å². The van der Waals surface area contributed by atoms with Gasteiger partial charge in [0.05, 0.1) is 11.3 Å². The second-order valence-electron chi connectivity index (χ2n) is 4.67. The van der Waals surface area contributed by atoms with Gasteiger partial charge in [0.25, 0.3) is 5.91 Å². The Hall–Kier alpha value is -2.08. The predicted octanol–water partition coefficient (Wildman–Crippen LogP) is 1.60. The fraction of sp³-hybridized carbons (Fsp3) is 0.385. The molecule has 1 atom stereocenters. The standard InChI is InChI=1S/C13H15NO5/c1-13(5-2-6-19-13)12(18)14-10-4-3-8(15)7-9(10)11(16)17/h3-4,7,15H,2,5-6H2,1H3,(H,14,18)(H,16,17). The van der Waals surface area contributed by atoms with E-state index in [1.54, 1.807) is 6.92 Å². The number of ether oxygens (including phenoxy) is 1. The zero-order valence-corrected chi connectivity index (χ0v) is 10.5. The summed E-state index contributed by atoms with van der Waals surface area (Å²) in [7, 11) is 0. The molecule has 102 valence electrons. The van der Waals surface area contributed by atoms with Crippen LogP contribution in [0.3, 0.4) is 0 Å². The maximum atomic E-state index is 12.1.